The van der Waals surface area contributed by atoms with E-state index in [1.807, 2.05) is 0 Å². The fraction of sp³-hybridized carbons (Fsp3) is 0.579. The van der Waals surface area contributed by atoms with Gasteiger partial charge in [0.2, 0.25) is 0 Å². The molecule has 1 saturated heterocycles. The Labute approximate surface area is 148 Å². The highest BCUT2D eigenvalue weighted by Gasteiger charge is 2.21. The first kappa shape index (κ1) is 16.5. The predicted octanol–water partition coefficient (Wildman–Crippen LogP) is 1.70. The molecule has 3 N–H and O–H groups in total. The molecule has 134 valence electrons. The lowest BCUT2D eigenvalue weighted by molar-refractivity contribution is 0.132. The van der Waals surface area contributed by atoms with Crippen molar-refractivity contribution in [3.63, 3.8) is 0 Å². The zero-order chi connectivity index (χ0) is 17.2. The predicted molar refractivity (Wildman–Crippen MR) is 100.0 cm³/mol. The Morgan fingerprint density at radius 1 is 1.36 bits per heavy atom. The number of aryl methyl sites for hydroxylation is 1. The van der Waals surface area contributed by atoms with Crippen LogP contribution in [0.15, 0.2) is 23.3 Å². The molecular formula is C19H27N5O. The van der Waals surface area contributed by atoms with Crippen LogP contribution in [0.3, 0.4) is 0 Å². The number of nitrogens with one attached hydrogen (secondary N) is 1. The number of nitrogens with zero attached hydrogens (tertiary/aromatic N) is 3. The van der Waals surface area contributed by atoms with Gasteiger partial charge in [0.25, 0.3) is 0 Å². The molecule has 0 bridgehead atoms. The van der Waals surface area contributed by atoms with Crippen molar-refractivity contribution in [2.45, 2.75) is 26.3 Å². The molecule has 0 amide bonds. The van der Waals surface area contributed by atoms with E-state index < -0.39 is 0 Å². The highest BCUT2D eigenvalue weighted by Crippen LogP contribution is 2.28. The molecule has 6 nitrogen and oxygen atoms in total. The summed E-state index contributed by atoms with van der Waals surface area (Å²) in [7, 11) is 0. The van der Waals surface area contributed by atoms with Gasteiger partial charge in [0, 0.05) is 49.3 Å². The zero-order valence-electron chi connectivity index (χ0n) is 14.9. The van der Waals surface area contributed by atoms with Crippen molar-refractivity contribution < 1.29 is 4.74 Å². The third-order valence-electron chi connectivity index (χ3n) is 5.05. The molecule has 2 aliphatic rings. The van der Waals surface area contributed by atoms with Gasteiger partial charge in [-0.05, 0) is 43.4 Å². The van der Waals surface area contributed by atoms with Crippen LogP contribution in [0.1, 0.15) is 24.0 Å². The van der Waals surface area contributed by atoms with Gasteiger partial charge in [-0.25, -0.2) is 0 Å². The van der Waals surface area contributed by atoms with Crippen molar-refractivity contribution in [2.75, 3.05) is 32.8 Å². The number of hydrogen-bond donors (Lipinski definition) is 2. The standard InChI is InChI=1S/C19H27N5O/c1-13-6-18-16(11-24(23-18)10-15-8-21-9-15)7-17(13)19(20)22-4-5-25-12-14-2-3-14/h6-7,11,14-15,21H,2-5,8-10,12H2,1H3,(H2,20,22). The summed E-state index contributed by atoms with van der Waals surface area (Å²) in [4.78, 5) is 4.49. The Bertz CT molecular complexity index is 773. The van der Waals surface area contributed by atoms with E-state index in [1.54, 1.807) is 0 Å². The number of ether oxygens (including phenoxy) is 1. The molecule has 2 heterocycles. The molecular weight excluding hydrogens is 314 g/mol. The van der Waals surface area contributed by atoms with Gasteiger partial charge in [0.15, 0.2) is 0 Å². The second-order valence-corrected chi connectivity index (χ2v) is 7.39. The maximum Gasteiger partial charge on any atom is 0.125 e. The van der Waals surface area contributed by atoms with E-state index in [0.717, 1.165) is 54.2 Å². The average molecular weight is 341 g/mol. The van der Waals surface area contributed by atoms with E-state index in [2.05, 4.69) is 40.2 Å². The second kappa shape index (κ2) is 7.14. The first-order chi connectivity index (χ1) is 12.2. The van der Waals surface area contributed by atoms with Gasteiger partial charge in [0.05, 0.1) is 18.7 Å². The van der Waals surface area contributed by atoms with E-state index >= 15 is 0 Å². The number of fused-ring (bicyclic) bond motifs is 1. The minimum Gasteiger partial charge on any atom is -0.383 e. The number of nitrogens with two attached hydrogens (primary N) is 1. The molecule has 2 fully saturated rings. The molecule has 1 saturated carbocycles. The minimum absolute atomic E-state index is 0.588. The number of benzene rings is 1. The van der Waals surface area contributed by atoms with Gasteiger partial charge in [-0.2, -0.15) is 5.10 Å². The number of aromatic nitrogens is 2. The number of amidine groups is 1. The summed E-state index contributed by atoms with van der Waals surface area (Å²) < 4.78 is 7.67. The van der Waals surface area contributed by atoms with Crippen molar-refractivity contribution >= 4 is 16.7 Å². The number of hydrogen-bond acceptors (Lipinski definition) is 4. The molecule has 25 heavy (non-hydrogen) atoms. The van der Waals surface area contributed by atoms with Crippen LogP contribution in [-0.4, -0.2) is 48.5 Å². The van der Waals surface area contributed by atoms with Crippen LogP contribution in [0.2, 0.25) is 0 Å². The first-order valence-electron chi connectivity index (χ1n) is 9.25. The molecule has 4 rings (SSSR count). The first-order valence-corrected chi connectivity index (χ1v) is 9.25. The Hall–Kier alpha value is -1.92. The van der Waals surface area contributed by atoms with E-state index in [9.17, 15) is 0 Å². The fourth-order valence-electron chi connectivity index (χ4n) is 3.19. The summed E-state index contributed by atoms with van der Waals surface area (Å²) in [6.45, 7) is 7.34. The smallest absolute Gasteiger partial charge is 0.125 e. The van der Waals surface area contributed by atoms with Crippen molar-refractivity contribution in [1.29, 1.82) is 0 Å². The molecule has 0 radical (unpaired) electrons. The quantitative estimate of drug-likeness (QED) is 0.435. The molecule has 2 aromatic rings. The summed E-state index contributed by atoms with van der Waals surface area (Å²) in [5.74, 6) is 2.07. The lowest BCUT2D eigenvalue weighted by atomic mass is 10.0. The lowest BCUT2D eigenvalue weighted by Gasteiger charge is -2.26. The third-order valence-corrected chi connectivity index (χ3v) is 5.05. The Morgan fingerprint density at radius 2 is 2.20 bits per heavy atom. The van der Waals surface area contributed by atoms with E-state index in [4.69, 9.17) is 15.6 Å². The van der Waals surface area contributed by atoms with Crippen molar-refractivity contribution in [3.8, 4) is 0 Å². The van der Waals surface area contributed by atoms with Crippen molar-refractivity contribution in [2.24, 2.45) is 22.6 Å². The van der Waals surface area contributed by atoms with E-state index in [-0.39, 0.29) is 0 Å². The molecule has 6 heteroatoms. The van der Waals surface area contributed by atoms with Gasteiger partial charge in [0.1, 0.15) is 5.84 Å². The second-order valence-electron chi connectivity index (χ2n) is 7.39. The lowest BCUT2D eigenvalue weighted by Crippen LogP contribution is -2.44. The Morgan fingerprint density at radius 3 is 2.92 bits per heavy atom. The SMILES string of the molecule is Cc1cc2nn(CC3CNC3)cc2cc1C(N)=NCCOCC1CC1. The van der Waals surface area contributed by atoms with Crippen LogP contribution in [0.5, 0.6) is 0 Å². The summed E-state index contributed by atoms with van der Waals surface area (Å²) in [6, 6.07) is 4.21. The third kappa shape index (κ3) is 4.02. The number of aliphatic imine (C=N–C) groups is 1. The molecule has 0 spiro atoms. The molecule has 0 atom stereocenters. The minimum atomic E-state index is 0.588. The summed E-state index contributed by atoms with van der Waals surface area (Å²) in [5.41, 5.74) is 9.35. The molecule has 0 unspecified atom stereocenters. The monoisotopic (exact) mass is 341 g/mol. The summed E-state index contributed by atoms with van der Waals surface area (Å²) >= 11 is 0. The van der Waals surface area contributed by atoms with E-state index in [1.165, 1.54) is 12.8 Å². The summed E-state index contributed by atoms with van der Waals surface area (Å²) in [6.07, 6.45) is 4.74. The van der Waals surface area contributed by atoms with Gasteiger partial charge < -0.3 is 15.8 Å². The normalized spacial score (nSPS) is 18.7. The molecule has 1 aliphatic carbocycles. The van der Waals surface area contributed by atoms with Crippen LogP contribution in [0.4, 0.5) is 0 Å². The highest BCUT2D eigenvalue weighted by atomic mass is 16.5. The van der Waals surface area contributed by atoms with Gasteiger partial charge in [-0.15, -0.1) is 0 Å². The highest BCUT2D eigenvalue weighted by molar-refractivity contribution is 6.02. The van der Waals surface area contributed by atoms with Crippen LogP contribution >= 0.6 is 0 Å². The molecule has 1 aliphatic heterocycles. The Balaban J connectivity index is 1.42. The fourth-order valence-corrected chi connectivity index (χ4v) is 3.19. The van der Waals surface area contributed by atoms with Crippen molar-refractivity contribution in [1.82, 2.24) is 15.1 Å². The van der Waals surface area contributed by atoms with Crippen LogP contribution in [-0.2, 0) is 11.3 Å². The van der Waals surface area contributed by atoms with Crippen LogP contribution < -0.4 is 11.1 Å². The van der Waals surface area contributed by atoms with Crippen LogP contribution in [0, 0.1) is 18.8 Å². The maximum absolute atomic E-state index is 6.22. The molecule has 1 aromatic carbocycles. The zero-order valence-corrected chi connectivity index (χ0v) is 14.9. The topological polar surface area (TPSA) is 77.5 Å². The van der Waals surface area contributed by atoms with Gasteiger partial charge in [-0.1, -0.05) is 0 Å². The maximum atomic E-state index is 6.22. The molecule has 1 aromatic heterocycles. The van der Waals surface area contributed by atoms with Gasteiger partial charge >= 0.3 is 0 Å². The van der Waals surface area contributed by atoms with Gasteiger partial charge in [-0.3, -0.25) is 9.67 Å². The Kier molecular flexibility index (Phi) is 4.72. The summed E-state index contributed by atoms with van der Waals surface area (Å²) in [5, 5.41) is 9.12. The number of rotatable bonds is 8. The van der Waals surface area contributed by atoms with Crippen molar-refractivity contribution in [3.05, 3.63) is 29.5 Å². The van der Waals surface area contributed by atoms with E-state index in [0.29, 0.717) is 24.9 Å². The average Bonchev–Trinajstić information content (AvgIpc) is 3.29. The largest absolute Gasteiger partial charge is 0.383 e. The van der Waals surface area contributed by atoms with Crippen LogP contribution in [0.25, 0.3) is 10.9 Å².